The van der Waals surface area contributed by atoms with E-state index in [1.165, 1.54) is 12.1 Å². The third kappa shape index (κ3) is 3.92. The second kappa shape index (κ2) is 7.93. The van der Waals surface area contributed by atoms with E-state index in [0.29, 0.717) is 17.9 Å². The predicted molar refractivity (Wildman–Crippen MR) is 116 cm³/mol. The van der Waals surface area contributed by atoms with Crippen molar-refractivity contribution in [3.05, 3.63) is 59.9 Å². The molecule has 2 amide bonds. The van der Waals surface area contributed by atoms with Crippen molar-refractivity contribution in [1.29, 1.82) is 0 Å². The molecule has 1 spiro atoms. The number of pyridine rings is 1. The van der Waals surface area contributed by atoms with Crippen LogP contribution in [0.15, 0.2) is 48.7 Å². The van der Waals surface area contributed by atoms with E-state index < -0.39 is 6.61 Å². The Morgan fingerprint density at radius 3 is 2.84 bits per heavy atom. The minimum atomic E-state index is -2.91. The molecule has 3 aromatic rings. The summed E-state index contributed by atoms with van der Waals surface area (Å²) in [7, 11) is 0. The first kappa shape index (κ1) is 20.5. The highest BCUT2D eigenvalue weighted by atomic mass is 19.3. The zero-order valence-electron chi connectivity index (χ0n) is 17.5. The molecule has 2 N–H and O–H groups in total. The zero-order valence-corrected chi connectivity index (χ0v) is 17.5. The lowest BCUT2D eigenvalue weighted by atomic mass is 9.73. The second-order valence-electron chi connectivity index (χ2n) is 8.42. The minimum absolute atomic E-state index is 0.0399. The number of fused-ring (bicyclic) bond motifs is 2. The number of ether oxygens (including phenoxy) is 2. The lowest BCUT2D eigenvalue weighted by Gasteiger charge is -2.48. The van der Waals surface area contributed by atoms with Crippen molar-refractivity contribution in [1.82, 2.24) is 10.3 Å². The number of benzene rings is 2. The Morgan fingerprint density at radius 1 is 1.25 bits per heavy atom. The van der Waals surface area contributed by atoms with Crippen molar-refractivity contribution in [2.75, 3.05) is 5.32 Å². The van der Waals surface area contributed by atoms with Crippen molar-refractivity contribution in [3.8, 4) is 11.5 Å². The molecular formula is C24H23F2N3O3. The fourth-order valence-electron chi connectivity index (χ4n) is 4.53. The number of halogens is 2. The first-order valence-electron chi connectivity index (χ1n) is 10.6. The van der Waals surface area contributed by atoms with Crippen LogP contribution >= 0.6 is 0 Å². The third-order valence-electron chi connectivity index (χ3n) is 6.21. The first-order chi connectivity index (χ1) is 15.4. The van der Waals surface area contributed by atoms with Crippen molar-refractivity contribution in [2.45, 2.75) is 50.9 Å². The molecular weight excluding hydrogens is 416 g/mol. The van der Waals surface area contributed by atoms with Gasteiger partial charge in [0.15, 0.2) is 0 Å². The number of urea groups is 1. The number of alkyl halides is 2. The number of aromatic nitrogens is 1. The van der Waals surface area contributed by atoms with Crippen molar-refractivity contribution >= 4 is 22.5 Å². The van der Waals surface area contributed by atoms with Crippen LogP contribution in [0.4, 0.5) is 19.3 Å². The number of anilines is 1. The molecule has 32 heavy (non-hydrogen) atoms. The van der Waals surface area contributed by atoms with Crippen molar-refractivity contribution in [3.63, 3.8) is 0 Å². The molecule has 1 saturated carbocycles. The highest BCUT2D eigenvalue weighted by Gasteiger charge is 2.46. The molecule has 0 bridgehead atoms. The Balaban J connectivity index is 1.39. The molecule has 1 aliphatic carbocycles. The molecule has 8 heteroatoms. The highest BCUT2D eigenvalue weighted by Crippen LogP contribution is 2.49. The lowest BCUT2D eigenvalue weighted by molar-refractivity contribution is -0.0518. The van der Waals surface area contributed by atoms with E-state index in [-0.39, 0.29) is 23.4 Å². The average Bonchev–Trinajstić information content (AvgIpc) is 2.72. The summed E-state index contributed by atoms with van der Waals surface area (Å²) >= 11 is 0. The summed E-state index contributed by atoms with van der Waals surface area (Å²) in [5, 5.41) is 7.84. The topological polar surface area (TPSA) is 72.5 Å². The van der Waals surface area contributed by atoms with Gasteiger partial charge in [-0.1, -0.05) is 12.1 Å². The van der Waals surface area contributed by atoms with Crippen LogP contribution in [0.5, 0.6) is 11.5 Å². The fourth-order valence-corrected chi connectivity index (χ4v) is 4.53. The Morgan fingerprint density at radius 2 is 2.09 bits per heavy atom. The van der Waals surface area contributed by atoms with Gasteiger partial charge >= 0.3 is 12.6 Å². The van der Waals surface area contributed by atoms with Crippen LogP contribution in [-0.2, 0) is 0 Å². The summed E-state index contributed by atoms with van der Waals surface area (Å²) in [5.41, 5.74) is 1.92. The normalized spacial score (nSPS) is 18.6. The molecule has 1 aromatic heterocycles. The Hall–Kier alpha value is -3.42. The van der Waals surface area contributed by atoms with Gasteiger partial charge in [0, 0.05) is 40.7 Å². The SMILES string of the molecule is Cc1cc2c(NC(=O)NC3CC4(CCC4)Oc4cc(OC(F)F)ccc43)cccc2cn1. The molecule has 2 heterocycles. The minimum Gasteiger partial charge on any atom is -0.487 e. The Kier molecular flexibility index (Phi) is 5.07. The van der Waals surface area contributed by atoms with Gasteiger partial charge in [0.05, 0.1) is 11.7 Å². The standard InChI is InChI=1S/C24H23F2N3O3/c1-14-10-18-15(13-27-14)4-2-5-19(18)28-23(30)29-20-12-24(8-3-9-24)32-21-11-16(31-22(25)26)6-7-17(20)21/h2,4-7,10-11,13,20,22H,3,8-9,12H2,1H3,(H2,28,29,30). The van der Waals surface area contributed by atoms with Gasteiger partial charge in [-0.15, -0.1) is 0 Å². The zero-order chi connectivity index (χ0) is 22.3. The Bertz CT molecular complexity index is 1180. The van der Waals surface area contributed by atoms with Gasteiger partial charge < -0.3 is 20.1 Å². The largest absolute Gasteiger partial charge is 0.487 e. The van der Waals surface area contributed by atoms with E-state index in [1.807, 2.05) is 31.2 Å². The number of hydrogen-bond acceptors (Lipinski definition) is 4. The van der Waals surface area contributed by atoms with Crippen LogP contribution in [0.2, 0.25) is 0 Å². The van der Waals surface area contributed by atoms with Gasteiger partial charge in [-0.25, -0.2) is 4.79 Å². The van der Waals surface area contributed by atoms with Gasteiger partial charge in [0.2, 0.25) is 0 Å². The van der Waals surface area contributed by atoms with Gasteiger partial charge in [0.25, 0.3) is 0 Å². The van der Waals surface area contributed by atoms with E-state index in [4.69, 9.17) is 4.74 Å². The second-order valence-corrected chi connectivity index (χ2v) is 8.42. The molecule has 1 atom stereocenters. The maximum absolute atomic E-state index is 12.9. The molecule has 166 valence electrons. The van der Waals surface area contributed by atoms with Gasteiger partial charge in [-0.2, -0.15) is 8.78 Å². The van der Waals surface area contributed by atoms with Crippen LogP contribution in [0, 0.1) is 6.92 Å². The maximum Gasteiger partial charge on any atom is 0.387 e. The summed E-state index contributed by atoms with van der Waals surface area (Å²) in [6.07, 6.45) is 5.16. The van der Waals surface area contributed by atoms with Crippen molar-refractivity contribution < 1.29 is 23.0 Å². The summed E-state index contributed by atoms with van der Waals surface area (Å²) in [4.78, 5) is 17.2. The third-order valence-corrected chi connectivity index (χ3v) is 6.21. The number of nitrogens with zero attached hydrogens (tertiary/aromatic N) is 1. The summed E-state index contributed by atoms with van der Waals surface area (Å²) in [6, 6.07) is 11.6. The van der Waals surface area contributed by atoms with Crippen LogP contribution in [0.1, 0.15) is 43.0 Å². The quantitative estimate of drug-likeness (QED) is 0.546. The van der Waals surface area contributed by atoms with E-state index in [9.17, 15) is 13.6 Å². The number of carbonyl (C=O) groups excluding carboxylic acids is 1. The monoisotopic (exact) mass is 439 g/mol. The summed E-state index contributed by atoms with van der Waals surface area (Å²) in [5.74, 6) is 0.518. The van der Waals surface area contributed by atoms with Crippen LogP contribution < -0.4 is 20.1 Å². The number of amides is 2. The number of nitrogens with one attached hydrogen (secondary N) is 2. The molecule has 2 aromatic carbocycles. The predicted octanol–water partition coefficient (Wildman–Crippen LogP) is 5.71. The van der Waals surface area contributed by atoms with Crippen LogP contribution in [0.3, 0.4) is 0 Å². The molecule has 2 aliphatic rings. The number of hydrogen-bond donors (Lipinski definition) is 2. The lowest BCUT2D eigenvalue weighted by Crippen LogP contribution is -2.50. The van der Waals surface area contributed by atoms with Crippen LogP contribution in [-0.4, -0.2) is 23.2 Å². The van der Waals surface area contributed by atoms with Crippen LogP contribution in [0.25, 0.3) is 10.8 Å². The number of aryl methyl sites for hydroxylation is 1. The molecule has 1 aliphatic heterocycles. The van der Waals surface area contributed by atoms with Gasteiger partial charge in [0.1, 0.15) is 17.1 Å². The Labute approximate surface area is 183 Å². The fraction of sp³-hybridized carbons (Fsp3) is 0.333. The van der Waals surface area contributed by atoms with E-state index in [0.717, 1.165) is 41.3 Å². The molecule has 5 rings (SSSR count). The molecule has 1 fully saturated rings. The van der Waals surface area contributed by atoms with Crippen molar-refractivity contribution in [2.24, 2.45) is 0 Å². The first-order valence-corrected chi connectivity index (χ1v) is 10.6. The summed E-state index contributed by atoms with van der Waals surface area (Å²) in [6.45, 7) is -1.01. The molecule has 0 radical (unpaired) electrons. The smallest absolute Gasteiger partial charge is 0.387 e. The van der Waals surface area contributed by atoms with E-state index in [1.54, 1.807) is 12.3 Å². The van der Waals surface area contributed by atoms with Gasteiger partial charge in [-0.3, -0.25) is 4.98 Å². The molecule has 0 saturated heterocycles. The highest BCUT2D eigenvalue weighted by molar-refractivity contribution is 6.01. The molecule has 1 unspecified atom stereocenters. The van der Waals surface area contributed by atoms with E-state index in [2.05, 4.69) is 20.4 Å². The van der Waals surface area contributed by atoms with E-state index >= 15 is 0 Å². The number of rotatable bonds is 4. The number of carbonyl (C=O) groups is 1. The molecule has 6 nitrogen and oxygen atoms in total. The van der Waals surface area contributed by atoms with Gasteiger partial charge in [-0.05, 0) is 50.5 Å². The maximum atomic E-state index is 12.9. The average molecular weight is 439 g/mol. The summed E-state index contributed by atoms with van der Waals surface area (Å²) < 4.78 is 36.0.